The zero-order valence-corrected chi connectivity index (χ0v) is 12.3. The first kappa shape index (κ1) is 14.8. The minimum Gasteiger partial charge on any atom is -0.464 e. The number of hydrogen-bond donors (Lipinski definition) is 2. The zero-order chi connectivity index (χ0) is 15.1. The summed E-state index contributed by atoms with van der Waals surface area (Å²) >= 11 is 0. The third-order valence-electron chi connectivity index (χ3n) is 2.60. The number of benzene rings is 1. The lowest BCUT2D eigenvalue weighted by Gasteiger charge is -2.09. The molecule has 0 saturated heterocycles. The summed E-state index contributed by atoms with van der Waals surface area (Å²) in [4.78, 5) is 12.7. The van der Waals surface area contributed by atoms with Gasteiger partial charge in [0.25, 0.3) is 0 Å². The largest absolute Gasteiger partial charge is 0.464 e. The van der Waals surface area contributed by atoms with Crippen molar-refractivity contribution in [3.8, 4) is 6.01 Å². The molecule has 0 fully saturated rings. The van der Waals surface area contributed by atoms with Crippen LogP contribution in [0, 0.1) is 6.92 Å². The van der Waals surface area contributed by atoms with E-state index in [0.29, 0.717) is 25.0 Å². The van der Waals surface area contributed by atoms with E-state index in [1.807, 2.05) is 38.1 Å². The van der Waals surface area contributed by atoms with Crippen LogP contribution in [0.5, 0.6) is 6.01 Å². The third kappa shape index (κ3) is 4.45. The van der Waals surface area contributed by atoms with E-state index in [9.17, 15) is 0 Å². The predicted octanol–water partition coefficient (Wildman–Crippen LogP) is 2.92. The van der Waals surface area contributed by atoms with Crippen LogP contribution in [0.25, 0.3) is 0 Å². The lowest BCUT2D eigenvalue weighted by atomic mass is 10.2. The maximum absolute atomic E-state index is 5.36. The fourth-order valence-electron chi connectivity index (χ4n) is 1.61. The summed E-state index contributed by atoms with van der Waals surface area (Å²) in [5.74, 6) is 0.881. The number of aryl methyl sites for hydroxylation is 1. The summed E-state index contributed by atoms with van der Waals surface area (Å²) < 4.78 is 5.36. The van der Waals surface area contributed by atoms with Gasteiger partial charge in [0.2, 0.25) is 11.9 Å². The Labute approximate surface area is 124 Å². The molecular formula is C15H19N5O. The summed E-state index contributed by atoms with van der Waals surface area (Å²) in [6.45, 7) is 8.64. The van der Waals surface area contributed by atoms with Gasteiger partial charge in [0, 0.05) is 12.2 Å². The molecule has 1 aromatic carbocycles. The SMILES string of the molecule is C=CCNc1nc(Nc2ccc(C)cc2)nc(OCC)n1. The van der Waals surface area contributed by atoms with E-state index in [0.717, 1.165) is 5.69 Å². The van der Waals surface area contributed by atoms with Gasteiger partial charge in [-0.2, -0.15) is 15.0 Å². The molecule has 21 heavy (non-hydrogen) atoms. The highest BCUT2D eigenvalue weighted by atomic mass is 16.5. The topological polar surface area (TPSA) is 72.0 Å². The summed E-state index contributed by atoms with van der Waals surface area (Å²) in [5.41, 5.74) is 2.10. The van der Waals surface area contributed by atoms with Gasteiger partial charge in [0.15, 0.2) is 0 Å². The number of aromatic nitrogens is 3. The fraction of sp³-hybridized carbons (Fsp3) is 0.267. The van der Waals surface area contributed by atoms with E-state index in [1.54, 1.807) is 6.08 Å². The number of nitrogens with zero attached hydrogens (tertiary/aromatic N) is 3. The van der Waals surface area contributed by atoms with Gasteiger partial charge < -0.3 is 15.4 Å². The van der Waals surface area contributed by atoms with Gasteiger partial charge in [0.05, 0.1) is 6.61 Å². The third-order valence-corrected chi connectivity index (χ3v) is 2.60. The van der Waals surface area contributed by atoms with Crippen molar-refractivity contribution in [2.24, 2.45) is 0 Å². The smallest absolute Gasteiger partial charge is 0.323 e. The van der Waals surface area contributed by atoms with E-state index < -0.39 is 0 Å². The molecule has 110 valence electrons. The van der Waals surface area contributed by atoms with Crippen molar-refractivity contribution in [1.82, 2.24) is 15.0 Å². The summed E-state index contributed by atoms with van der Waals surface area (Å²) in [7, 11) is 0. The van der Waals surface area contributed by atoms with Crippen LogP contribution in [0.2, 0.25) is 0 Å². The standard InChI is InChI=1S/C15H19N5O/c1-4-10-16-13-18-14(20-15(19-13)21-5-2)17-12-8-6-11(3)7-9-12/h4,6-9H,1,5,10H2,2-3H3,(H2,16,17,18,19,20). The number of rotatable bonds is 7. The normalized spacial score (nSPS) is 10.0. The molecular weight excluding hydrogens is 266 g/mol. The molecule has 0 bridgehead atoms. The van der Waals surface area contributed by atoms with Crippen molar-refractivity contribution in [2.75, 3.05) is 23.8 Å². The average Bonchev–Trinajstić information content (AvgIpc) is 2.48. The highest BCUT2D eigenvalue weighted by Gasteiger charge is 2.07. The number of hydrogen-bond acceptors (Lipinski definition) is 6. The Morgan fingerprint density at radius 2 is 1.86 bits per heavy atom. The van der Waals surface area contributed by atoms with Crippen molar-refractivity contribution in [2.45, 2.75) is 13.8 Å². The molecule has 0 atom stereocenters. The van der Waals surface area contributed by atoms with Crippen molar-refractivity contribution >= 4 is 17.6 Å². The number of anilines is 3. The molecule has 0 aliphatic rings. The Balaban J connectivity index is 2.21. The summed E-state index contributed by atoms with van der Waals surface area (Å²) in [6.07, 6.45) is 1.73. The van der Waals surface area contributed by atoms with Crippen molar-refractivity contribution < 1.29 is 4.74 Å². The molecule has 0 amide bonds. The van der Waals surface area contributed by atoms with Crippen LogP contribution in [-0.2, 0) is 0 Å². The first-order valence-corrected chi connectivity index (χ1v) is 6.78. The second kappa shape index (κ2) is 7.23. The van der Waals surface area contributed by atoms with Crippen LogP contribution < -0.4 is 15.4 Å². The number of ether oxygens (including phenoxy) is 1. The van der Waals surface area contributed by atoms with Gasteiger partial charge in [-0.1, -0.05) is 23.8 Å². The van der Waals surface area contributed by atoms with Crippen molar-refractivity contribution in [3.05, 3.63) is 42.5 Å². The molecule has 1 heterocycles. The molecule has 6 nitrogen and oxygen atoms in total. The van der Waals surface area contributed by atoms with Gasteiger partial charge in [-0.25, -0.2) is 0 Å². The van der Waals surface area contributed by atoms with Crippen molar-refractivity contribution in [3.63, 3.8) is 0 Å². The van der Waals surface area contributed by atoms with Crippen LogP contribution in [0.4, 0.5) is 17.6 Å². The quantitative estimate of drug-likeness (QED) is 0.762. The van der Waals surface area contributed by atoms with E-state index >= 15 is 0 Å². The van der Waals surface area contributed by atoms with Gasteiger partial charge in [-0.3, -0.25) is 0 Å². The summed E-state index contributed by atoms with van der Waals surface area (Å²) in [6, 6.07) is 8.26. The van der Waals surface area contributed by atoms with Crippen LogP contribution in [0.1, 0.15) is 12.5 Å². The number of nitrogens with one attached hydrogen (secondary N) is 2. The van der Waals surface area contributed by atoms with E-state index in [-0.39, 0.29) is 6.01 Å². The molecule has 2 aromatic rings. The van der Waals surface area contributed by atoms with Gasteiger partial charge >= 0.3 is 6.01 Å². The van der Waals surface area contributed by atoms with Gasteiger partial charge in [-0.15, -0.1) is 6.58 Å². The molecule has 2 rings (SSSR count). The highest BCUT2D eigenvalue weighted by molar-refractivity contribution is 5.54. The molecule has 0 spiro atoms. The average molecular weight is 285 g/mol. The lowest BCUT2D eigenvalue weighted by Crippen LogP contribution is -2.09. The Bertz CT molecular complexity index is 598. The first-order chi connectivity index (χ1) is 10.2. The molecule has 0 radical (unpaired) electrons. The second-order valence-electron chi connectivity index (χ2n) is 4.36. The minimum absolute atomic E-state index is 0.286. The van der Waals surface area contributed by atoms with Crippen LogP contribution in [0.15, 0.2) is 36.9 Å². The molecule has 0 aliphatic carbocycles. The van der Waals surface area contributed by atoms with Crippen molar-refractivity contribution in [1.29, 1.82) is 0 Å². The first-order valence-electron chi connectivity index (χ1n) is 6.78. The predicted molar refractivity (Wildman–Crippen MR) is 84.1 cm³/mol. The fourth-order valence-corrected chi connectivity index (χ4v) is 1.61. The van der Waals surface area contributed by atoms with Gasteiger partial charge in [0.1, 0.15) is 0 Å². The van der Waals surface area contributed by atoms with E-state index in [2.05, 4.69) is 32.2 Å². The molecule has 1 aromatic heterocycles. The van der Waals surface area contributed by atoms with E-state index in [4.69, 9.17) is 4.74 Å². The minimum atomic E-state index is 0.286. The maximum Gasteiger partial charge on any atom is 0.323 e. The molecule has 2 N–H and O–H groups in total. The molecule has 0 saturated carbocycles. The highest BCUT2D eigenvalue weighted by Crippen LogP contribution is 2.17. The Morgan fingerprint density at radius 3 is 2.52 bits per heavy atom. The molecule has 0 unspecified atom stereocenters. The Morgan fingerprint density at radius 1 is 1.14 bits per heavy atom. The summed E-state index contributed by atoms with van der Waals surface area (Å²) in [5, 5.41) is 6.17. The Hall–Kier alpha value is -2.63. The molecule has 6 heteroatoms. The van der Waals surface area contributed by atoms with Crippen LogP contribution in [0.3, 0.4) is 0 Å². The van der Waals surface area contributed by atoms with E-state index in [1.165, 1.54) is 5.56 Å². The molecule has 0 aliphatic heterocycles. The maximum atomic E-state index is 5.36. The lowest BCUT2D eigenvalue weighted by molar-refractivity contribution is 0.312. The van der Waals surface area contributed by atoms with Crippen LogP contribution >= 0.6 is 0 Å². The monoisotopic (exact) mass is 285 g/mol. The zero-order valence-electron chi connectivity index (χ0n) is 12.3. The van der Waals surface area contributed by atoms with Gasteiger partial charge in [-0.05, 0) is 26.0 Å². The Kier molecular flexibility index (Phi) is 5.09. The van der Waals surface area contributed by atoms with Crippen LogP contribution in [-0.4, -0.2) is 28.1 Å². The second-order valence-corrected chi connectivity index (χ2v) is 4.36.